The van der Waals surface area contributed by atoms with Crippen molar-refractivity contribution in [2.24, 2.45) is 5.92 Å². The standard InChI is InChI=1S/C12H14N2O2/c1-8(2)7-14-11-5-3-4-9(12(15)16)10(11)6-13-14/h3-6,8H,7H2,1-2H3,(H,15,16). The third-order valence-electron chi connectivity index (χ3n) is 2.46. The molecule has 0 amide bonds. The van der Waals surface area contributed by atoms with Gasteiger partial charge in [-0.2, -0.15) is 5.10 Å². The van der Waals surface area contributed by atoms with Gasteiger partial charge in [0.2, 0.25) is 0 Å². The van der Waals surface area contributed by atoms with Gasteiger partial charge in [-0.25, -0.2) is 4.79 Å². The van der Waals surface area contributed by atoms with Crippen LogP contribution in [0.25, 0.3) is 10.9 Å². The zero-order chi connectivity index (χ0) is 11.7. The van der Waals surface area contributed by atoms with Crippen LogP contribution in [0, 0.1) is 5.92 Å². The smallest absolute Gasteiger partial charge is 0.336 e. The Labute approximate surface area is 93.5 Å². The average Bonchev–Trinajstić information content (AvgIpc) is 2.60. The van der Waals surface area contributed by atoms with Crippen LogP contribution in [-0.2, 0) is 6.54 Å². The largest absolute Gasteiger partial charge is 0.478 e. The molecule has 4 heteroatoms. The van der Waals surface area contributed by atoms with Gasteiger partial charge in [0, 0.05) is 11.9 Å². The molecule has 0 saturated carbocycles. The van der Waals surface area contributed by atoms with Gasteiger partial charge in [0.15, 0.2) is 0 Å². The summed E-state index contributed by atoms with van der Waals surface area (Å²) < 4.78 is 1.85. The second kappa shape index (κ2) is 3.96. The van der Waals surface area contributed by atoms with Crippen LogP contribution in [0.3, 0.4) is 0 Å². The van der Waals surface area contributed by atoms with Crippen LogP contribution in [0.15, 0.2) is 24.4 Å². The maximum Gasteiger partial charge on any atom is 0.336 e. The van der Waals surface area contributed by atoms with Crippen molar-refractivity contribution in [2.45, 2.75) is 20.4 Å². The summed E-state index contributed by atoms with van der Waals surface area (Å²) in [7, 11) is 0. The fourth-order valence-electron chi connectivity index (χ4n) is 1.78. The third-order valence-corrected chi connectivity index (χ3v) is 2.46. The van der Waals surface area contributed by atoms with E-state index in [2.05, 4.69) is 18.9 Å². The van der Waals surface area contributed by atoms with E-state index in [4.69, 9.17) is 5.11 Å². The molecule has 0 aliphatic carbocycles. The average molecular weight is 218 g/mol. The molecule has 0 aliphatic heterocycles. The molecule has 0 bridgehead atoms. The molecule has 16 heavy (non-hydrogen) atoms. The van der Waals surface area contributed by atoms with E-state index in [1.54, 1.807) is 18.3 Å². The number of aromatic carboxylic acids is 1. The number of benzene rings is 1. The first-order valence-electron chi connectivity index (χ1n) is 5.27. The maximum atomic E-state index is 11.0. The lowest BCUT2D eigenvalue weighted by molar-refractivity contribution is 0.0699. The number of carboxylic acids is 1. The number of rotatable bonds is 3. The lowest BCUT2D eigenvalue weighted by Gasteiger charge is -2.06. The van der Waals surface area contributed by atoms with Crippen LogP contribution in [-0.4, -0.2) is 20.9 Å². The van der Waals surface area contributed by atoms with Crippen molar-refractivity contribution in [3.05, 3.63) is 30.0 Å². The first-order chi connectivity index (χ1) is 7.59. The summed E-state index contributed by atoms with van der Waals surface area (Å²) in [6.07, 6.45) is 1.63. The summed E-state index contributed by atoms with van der Waals surface area (Å²) in [5.74, 6) is -0.425. The fourth-order valence-corrected chi connectivity index (χ4v) is 1.78. The summed E-state index contributed by atoms with van der Waals surface area (Å²) in [6, 6.07) is 5.26. The summed E-state index contributed by atoms with van der Waals surface area (Å²) in [4.78, 5) is 11.0. The van der Waals surface area contributed by atoms with Crippen molar-refractivity contribution in [2.75, 3.05) is 0 Å². The summed E-state index contributed by atoms with van der Waals surface area (Å²) in [5.41, 5.74) is 1.20. The Balaban J connectivity index is 2.57. The highest BCUT2D eigenvalue weighted by atomic mass is 16.4. The molecule has 0 unspecified atom stereocenters. The van der Waals surface area contributed by atoms with E-state index in [9.17, 15) is 4.79 Å². The van der Waals surface area contributed by atoms with Crippen LogP contribution in [0.2, 0.25) is 0 Å². The number of hydrogen-bond acceptors (Lipinski definition) is 2. The molecule has 1 aromatic heterocycles. The maximum absolute atomic E-state index is 11.0. The lowest BCUT2D eigenvalue weighted by Crippen LogP contribution is -2.05. The van der Waals surface area contributed by atoms with E-state index in [1.807, 2.05) is 10.7 Å². The van der Waals surface area contributed by atoms with Gasteiger partial charge < -0.3 is 5.11 Å². The Morgan fingerprint density at radius 3 is 2.88 bits per heavy atom. The first kappa shape index (κ1) is 10.7. The van der Waals surface area contributed by atoms with E-state index < -0.39 is 5.97 Å². The van der Waals surface area contributed by atoms with E-state index in [-0.39, 0.29) is 0 Å². The Bertz CT molecular complexity index is 529. The molecule has 1 N–H and O–H groups in total. The van der Waals surface area contributed by atoms with Gasteiger partial charge >= 0.3 is 5.97 Å². The number of carboxylic acid groups (broad SMARTS) is 1. The molecule has 0 saturated heterocycles. The number of fused-ring (bicyclic) bond motifs is 1. The van der Waals surface area contributed by atoms with Gasteiger partial charge in [-0.1, -0.05) is 19.9 Å². The number of aromatic nitrogens is 2. The molecule has 0 radical (unpaired) electrons. The van der Waals surface area contributed by atoms with Gasteiger partial charge in [0.1, 0.15) is 0 Å². The highest BCUT2D eigenvalue weighted by Crippen LogP contribution is 2.19. The van der Waals surface area contributed by atoms with E-state index >= 15 is 0 Å². The quantitative estimate of drug-likeness (QED) is 0.860. The fraction of sp³-hybridized carbons (Fsp3) is 0.333. The Morgan fingerprint density at radius 2 is 2.25 bits per heavy atom. The highest BCUT2D eigenvalue weighted by molar-refractivity contribution is 6.02. The number of carbonyl (C=O) groups is 1. The van der Waals surface area contributed by atoms with Crippen LogP contribution in [0.5, 0.6) is 0 Å². The minimum atomic E-state index is -0.908. The lowest BCUT2D eigenvalue weighted by atomic mass is 10.1. The number of nitrogens with zero attached hydrogens (tertiary/aromatic N) is 2. The van der Waals surface area contributed by atoms with Crippen molar-refractivity contribution in [3.8, 4) is 0 Å². The van der Waals surface area contributed by atoms with Gasteiger partial charge in [0.25, 0.3) is 0 Å². The first-order valence-corrected chi connectivity index (χ1v) is 5.27. The van der Waals surface area contributed by atoms with Crippen LogP contribution in [0.4, 0.5) is 0 Å². The Hall–Kier alpha value is -1.84. The minimum Gasteiger partial charge on any atom is -0.478 e. The van der Waals surface area contributed by atoms with Crippen molar-refractivity contribution >= 4 is 16.9 Å². The second-order valence-corrected chi connectivity index (χ2v) is 4.26. The summed E-state index contributed by atoms with van der Waals surface area (Å²) >= 11 is 0. The zero-order valence-corrected chi connectivity index (χ0v) is 9.34. The van der Waals surface area contributed by atoms with E-state index in [0.29, 0.717) is 16.9 Å². The normalized spacial score (nSPS) is 11.2. The molecule has 0 fully saturated rings. The molecule has 84 valence electrons. The molecule has 0 aliphatic rings. The highest BCUT2D eigenvalue weighted by Gasteiger charge is 2.11. The predicted octanol–water partition coefficient (Wildman–Crippen LogP) is 2.39. The SMILES string of the molecule is CC(C)Cn1ncc2c(C(=O)O)cccc21. The van der Waals surface area contributed by atoms with Crippen LogP contribution >= 0.6 is 0 Å². The van der Waals surface area contributed by atoms with Crippen molar-refractivity contribution in [1.82, 2.24) is 9.78 Å². The molecule has 0 spiro atoms. The third kappa shape index (κ3) is 1.78. The molecule has 2 rings (SSSR count). The van der Waals surface area contributed by atoms with Crippen LogP contribution in [0.1, 0.15) is 24.2 Å². The molecule has 1 aromatic carbocycles. The Morgan fingerprint density at radius 1 is 1.50 bits per heavy atom. The number of hydrogen-bond donors (Lipinski definition) is 1. The summed E-state index contributed by atoms with van der Waals surface area (Å²) in [6.45, 7) is 5.01. The van der Waals surface area contributed by atoms with Crippen molar-refractivity contribution < 1.29 is 9.90 Å². The summed E-state index contributed by atoms with van der Waals surface area (Å²) in [5, 5.41) is 14.0. The van der Waals surface area contributed by atoms with Crippen molar-refractivity contribution in [3.63, 3.8) is 0 Å². The molecular weight excluding hydrogens is 204 g/mol. The van der Waals surface area contributed by atoms with E-state index in [0.717, 1.165) is 12.1 Å². The zero-order valence-electron chi connectivity index (χ0n) is 9.34. The van der Waals surface area contributed by atoms with Gasteiger partial charge in [-0.3, -0.25) is 4.68 Å². The molecule has 2 aromatic rings. The topological polar surface area (TPSA) is 55.1 Å². The predicted molar refractivity (Wildman–Crippen MR) is 61.5 cm³/mol. The van der Waals surface area contributed by atoms with Gasteiger partial charge in [0.05, 0.1) is 17.3 Å². The van der Waals surface area contributed by atoms with Gasteiger partial charge in [-0.15, -0.1) is 0 Å². The van der Waals surface area contributed by atoms with Crippen LogP contribution < -0.4 is 0 Å². The molecular formula is C12H14N2O2. The monoisotopic (exact) mass is 218 g/mol. The molecule has 1 heterocycles. The Kier molecular flexibility index (Phi) is 2.64. The molecule has 0 atom stereocenters. The van der Waals surface area contributed by atoms with Crippen molar-refractivity contribution in [1.29, 1.82) is 0 Å². The molecule has 4 nitrogen and oxygen atoms in total. The second-order valence-electron chi connectivity index (χ2n) is 4.26. The van der Waals surface area contributed by atoms with Gasteiger partial charge in [-0.05, 0) is 18.1 Å². The minimum absolute atomic E-state index is 0.313. The van der Waals surface area contributed by atoms with E-state index in [1.165, 1.54) is 0 Å².